The number of ether oxygens (including phenoxy) is 1. The largest absolute Gasteiger partial charge is 0.493 e. The molecule has 0 spiro atoms. The Hall–Kier alpha value is -0.240. The molecule has 11 heavy (non-hydrogen) atoms. The van der Waals surface area contributed by atoms with Gasteiger partial charge >= 0.3 is 0 Å². The minimum atomic E-state index is 0.730. The summed E-state index contributed by atoms with van der Waals surface area (Å²) in [6.45, 7) is 4.81. The van der Waals surface area contributed by atoms with E-state index in [0.29, 0.717) is 0 Å². The van der Waals surface area contributed by atoms with Crippen LogP contribution in [0.4, 0.5) is 0 Å². The normalized spacial score (nSPS) is 12.5. The highest BCUT2D eigenvalue weighted by Crippen LogP contribution is 2.00. The molecule has 0 aromatic heterocycles. The van der Waals surface area contributed by atoms with E-state index >= 15 is 0 Å². The highest BCUT2D eigenvalue weighted by atomic mass is 79.9. The Kier molecular flexibility index (Phi) is 7.69. The zero-order valence-corrected chi connectivity index (χ0v) is 8.73. The van der Waals surface area contributed by atoms with Gasteiger partial charge in [-0.1, -0.05) is 28.9 Å². The van der Waals surface area contributed by atoms with E-state index in [4.69, 9.17) is 4.74 Å². The predicted molar refractivity (Wildman–Crippen MR) is 52.9 cm³/mol. The SMILES string of the molecule is C/C=C(\C=C/CC)OCCBr. The van der Waals surface area contributed by atoms with E-state index in [0.717, 1.165) is 24.1 Å². The Morgan fingerprint density at radius 1 is 1.55 bits per heavy atom. The Bertz CT molecular complexity index is 138. The second kappa shape index (κ2) is 7.86. The van der Waals surface area contributed by atoms with E-state index < -0.39 is 0 Å². The summed E-state index contributed by atoms with van der Waals surface area (Å²) < 4.78 is 5.37. The average Bonchev–Trinajstić information content (AvgIpc) is 2.05. The quantitative estimate of drug-likeness (QED) is 0.391. The second-order valence-electron chi connectivity index (χ2n) is 2.04. The van der Waals surface area contributed by atoms with Crippen LogP contribution in [0, 0.1) is 0 Å². The minimum Gasteiger partial charge on any atom is -0.493 e. The van der Waals surface area contributed by atoms with Gasteiger partial charge in [0.1, 0.15) is 5.76 Å². The van der Waals surface area contributed by atoms with E-state index in [1.165, 1.54) is 0 Å². The molecule has 0 aliphatic heterocycles. The topological polar surface area (TPSA) is 9.23 Å². The van der Waals surface area contributed by atoms with Gasteiger partial charge in [0.15, 0.2) is 0 Å². The standard InChI is InChI=1S/C9H15BrO/c1-3-5-6-9(4-2)11-8-7-10/h4-6H,3,7-8H2,1-2H3/b6-5-,9-4+. The van der Waals surface area contributed by atoms with E-state index in [1.807, 2.05) is 19.1 Å². The van der Waals surface area contributed by atoms with Crippen LogP contribution in [0.1, 0.15) is 20.3 Å². The fourth-order valence-corrected chi connectivity index (χ4v) is 0.780. The van der Waals surface area contributed by atoms with Crippen LogP contribution in [0.5, 0.6) is 0 Å². The third kappa shape index (κ3) is 6.17. The van der Waals surface area contributed by atoms with Gasteiger partial charge in [0, 0.05) is 5.33 Å². The van der Waals surface area contributed by atoms with Crippen molar-refractivity contribution in [1.82, 2.24) is 0 Å². The lowest BCUT2D eigenvalue weighted by molar-refractivity contribution is 0.246. The van der Waals surface area contributed by atoms with E-state index in [-0.39, 0.29) is 0 Å². The summed E-state index contributed by atoms with van der Waals surface area (Å²) in [5.74, 6) is 0.950. The Morgan fingerprint density at radius 2 is 2.27 bits per heavy atom. The molecule has 0 saturated heterocycles. The molecular weight excluding hydrogens is 204 g/mol. The van der Waals surface area contributed by atoms with Crippen molar-refractivity contribution < 1.29 is 4.74 Å². The van der Waals surface area contributed by atoms with Crippen molar-refractivity contribution in [2.75, 3.05) is 11.9 Å². The molecule has 0 radical (unpaired) electrons. The first-order valence-electron chi connectivity index (χ1n) is 3.86. The Labute approximate surface area is 77.3 Å². The monoisotopic (exact) mass is 218 g/mol. The molecular formula is C9H15BrO. The third-order valence-corrected chi connectivity index (χ3v) is 1.47. The lowest BCUT2D eigenvalue weighted by Crippen LogP contribution is -1.92. The van der Waals surface area contributed by atoms with Gasteiger partial charge in [-0.2, -0.15) is 0 Å². The second-order valence-corrected chi connectivity index (χ2v) is 2.83. The van der Waals surface area contributed by atoms with Crippen LogP contribution in [0.2, 0.25) is 0 Å². The molecule has 0 heterocycles. The molecule has 0 unspecified atom stereocenters. The maximum Gasteiger partial charge on any atom is 0.114 e. The highest BCUT2D eigenvalue weighted by Gasteiger charge is 1.88. The molecule has 0 fully saturated rings. The molecule has 0 N–H and O–H groups in total. The molecule has 1 nitrogen and oxygen atoms in total. The lowest BCUT2D eigenvalue weighted by atomic mass is 10.3. The van der Waals surface area contributed by atoms with Gasteiger partial charge in [0.05, 0.1) is 6.61 Å². The first kappa shape index (κ1) is 10.8. The fraction of sp³-hybridized carbons (Fsp3) is 0.556. The van der Waals surface area contributed by atoms with Crippen molar-refractivity contribution in [1.29, 1.82) is 0 Å². The van der Waals surface area contributed by atoms with Crippen molar-refractivity contribution in [2.45, 2.75) is 20.3 Å². The van der Waals surface area contributed by atoms with Crippen LogP contribution in [0.3, 0.4) is 0 Å². The van der Waals surface area contributed by atoms with E-state index in [2.05, 4.69) is 28.9 Å². The maximum atomic E-state index is 5.37. The number of hydrogen-bond acceptors (Lipinski definition) is 1. The maximum absolute atomic E-state index is 5.37. The number of rotatable bonds is 5. The lowest BCUT2D eigenvalue weighted by Gasteiger charge is -2.02. The fourth-order valence-electron chi connectivity index (χ4n) is 0.618. The summed E-state index contributed by atoms with van der Waals surface area (Å²) in [7, 11) is 0. The molecule has 0 aliphatic rings. The van der Waals surface area contributed by atoms with Crippen molar-refractivity contribution >= 4 is 15.9 Å². The number of hydrogen-bond donors (Lipinski definition) is 0. The summed E-state index contributed by atoms with van der Waals surface area (Å²) in [6, 6.07) is 0. The molecule has 0 bridgehead atoms. The molecule has 2 heteroatoms. The van der Waals surface area contributed by atoms with Crippen molar-refractivity contribution in [3.05, 3.63) is 24.0 Å². The molecule has 0 saturated carbocycles. The van der Waals surface area contributed by atoms with Crippen molar-refractivity contribution in [3.8, 4) is 0 Å². The van der Waals surface area contributed by atoms with Gasteiger partial charge in [-0.25, -0.2) is 0 Å². The number of alkyl halides is 1. The third-order valence-electron chi connectivity index (χ3n) is 1.15. The van der Waals surface area contributed by atoms with Gasteiger partial charge in [-0.3, -0.25) is 0 Å². The summed E-state index contributed by atoms with van der Waals surface area (Å²) in [5, 5.41) is 0.879. The van der Waals surface area contributed by atoms with Gasteiger partial charge in [0.2, 0.25) is 0 Å². The van der Waals surface area contributed by atoms with Crippen LogP contribution >= 0.6 is 15.9 Å². The summed E-state index contributed by atoms with van der Waals surface area (Å²) >= 11 is 3.30. The smallest absolute Gasteiger partial charge is 0.114 e. The number of halogens is 1. The molecule has 0 atom stereocenters. The Morgan fingerprint density at radius 3 is 2.73 bits per heavy atom. The van der Waals surface area contributed by atoms with E-state index in [9.17, 15) is 0 Å². The Balaban J connectivity index is 3.68. The zero-order chi connectivity index (χ0) is 8.53. The van der Waals surface area contributed by atoms with Gasteiger partial charge in [0.25, 0.3) is 0 Å². The van der Waals surface area contributed by atoms with Crippen LogP contribution in [0.15, 0.2) is 24.0 Å². The zero-order valence-electron chi connectivity index (χ0n) is 7.14. The first-order chi connectivity index (χ1) is 5.35. The minimum absolute atomic E-state index is 0.730. The van der Waals surface area contributed by atoms with Crippen molar-refractivity contribution in [2.24, 2.45) is 0 Å². The number of allylic oxidation sites excluding steroid dienone is 3. The van der Waals surface area contributed by atoms with Gasteiger partial charge in [-0.15, -0.1) is 0 Å². The van der Waals surface area contributed by atoms with Gasteiger partial charge < -0.3 is 4.74 Å². The van der Waals surface area contributed by atoms with Crippen molar-refractivity contribution in [3.63, 3.8) is 0 Å². The summed E-state index contributed by atoms with van der Waals surface area (Å²) in [6.07, 6.45) is 7.11. The van der Waals surface area contributed by atoms with E-state index in [1.54, 1.807) is 0 Å². The molecule has 0 amide bonds. The van der Waals surface area contributed by atoms with Crippen LogP contribution in [0.25, 0.3) is 0 Å². The predicted octanol–water partition coefficient (Wildman–Crippen LogP) is 3.27. The average molecular weight is 219 g/mol. The molecule has 64 valence electrons. The van der Waals surface area contributed by atoms with Gasteiger partial charge in [-0.05, 0) is 25.5 Å². The van der Waals surface area contributed by atoms with Crippen LogP contribution in [-0.4, -0.2) is 11.9 Å². The molecule has 0 rings (SSSR count). The highest BCUT2D eigenvalue weighted by molar-refractivity contribution is 9.09. The summed E-state index contributed by atoms with van der Waals surface area (Å²) in [4.78, 5) is 0. The molecule has 0 aromatic carbocycles. The van der Waals surface area contributed by atoms with Crippen LogP contribution in [-0.2, 0) is 4.74 Å². The molecule has 0 aromatic rings. The summed E-state index contributed by atoms with van der Waals surface area (Å²) in [5.41, 5.74) is 0. The first-order valence-corrected chi connectivity index (χ1v) is 4.98. The molecule has 0 aliphatic carbocycles. The van der Waals surface area contributed by atoms with Crippen LogP contribution < -0.4 is 0 Å².